The molecular formula is C15H22N2O3S. The van der Waals surface area contributed by atoms with Gasteiger partial charge < -0.3 is 10.0 Å². The second kappa shape index (κ2) is 5.26. The number of β-amino-alcohol motifs (C(OH)–C–C–N with tert-alkyl or cyclic N) is 1. The average molecular weight is 310 g/mol. The van der Waals surface area contributed by atoms with Gasteiger partial charge in [0, 0.05) is 19.1 Å². The van der Waals surface area contributed by atoms with E-state index in [1.165, 1.54) is 0 Å². The van der Waals surface area contributed by atoms with Crippen molar-refractivity contribution in [3.05, 3.63) is 24.3 Å². The predicted molar refractivity (Wildman–Crippen MR) is 81.9 cm³/mol. The molecule has 1 heterocycles. The number of rotatable bonds is 4. The van der Waals surface area contributed by atoms with Crippen LogP contribution in [0.2, 0.25) is 0 Å². The fourth-order valence-corrected chi connectivity index (χ4v) is 4.39. The molecule has 0 aromatic heterocycles. The van der Waals surface area contributed by atoms with Crippen LogP contribution in [0.5, 0.6) is 0 Å². The first-order chi connectivity index (χ1) is 9.87. The Morgan fingerprint density at radius 2 is 2.05 bits per heavy atom. The lowest BCUT2D eigenvalue weighted by atomic mass is 9.95. The van der Waals surface area contributed by atoms with Gasteiger partial charge in [0.05, 0.1) is 11.3 Å². The molecule has 1 aromatic rings. The van der Waals surface area contributed by atoms with Gasteiger partial charge in [-0.3, -0.25) is 0 Å². The molecule has 1 saturated heterocycles. The van der Waals surface area contributed by atoms with E-state index in [4.69, 9.17) is 0 Å². The number of para-hydroxylation sites is 1. The Kier molecular flexibility index (Phi) is 3.71. The zero-order valence-corrected chi connectivity index (χ0v) is 13.1. The summed E-state index contributed by atoms with van der Waals surface area (Å²) in [6, 6.07) is 7.14. The molecule has 0 radical (unpaired) electrons. The van der Waals surface area contributed by atoms with E-state index in [1.54, 1.807) is 19.1 Å². The van der Waals surface area contributed by atoms with Crippen LogP contribution in [0, 0.1) is 0 Å². The second-order valence-corrected chi connectivity index (χ2v) is 8.07. The van der Waals surface area contributed by atoms with Gasteiger partial charge in [0.15, 0.2) is 0 Å². The molecule has 0 spiro atoms. The summed E-state index contributed by atoms with van der Waals surface area (Å²) in [5, 5.41) is 10.2. The first-order valence-corrected chi connectivity index (χ1v) is 8.94. The summed E-state index contributed by atoms with van der Waals surface area (Å²) in [6.45, 7) is 3.04. The number of benzene rings is 1. The van der Waals surface area contributed by atoms with Crippen molar-refractivity contribution in [2.45, 2.75) is 49.1 Å². The van der Waals surface area contributed by atoms with Gasteiger partial charge >= 0.3 is 0 Å². The summed E-state index contributed by atoms with van der Waals surface area (Å²) in [4.78, 5) is 2.29. The van der Waals surface area contributed by atoms with Crippen LogP contribution >= 0.6 is 0 Å². The summed E-state index contributed by atoms with van der Waals surface area (Å²) in [6.07, 6.45) is 3.44. The fraction of sp³-hybridized carbons (Fsp3) is 0.600. The van der Waals surface area contributed by atoms with E-state index in [1.807, 2.05) is 17.0 Å². The molecule has 2 fully saturated rings. The summed E-state index contributed by atoms with van der Waals surface area (Å²) < 4.78 is 27.7. The summed E-state index contributed by atoms with van der Waals surface area (Å²) in [5.74, 6) is 0. The molecular weight excluding hydrogens is 288 g/mol. The van der Waals surface area contributed by atoms with Crippen molar-refractivity contribution in [1.82, 2.24) is 4.72 Å². The highest BCUT2D eigenvalue weighted by molar-refractivity contribution is 7.89. The van der Waals surface area contributed by atoms with E-state index < -0.39 is 15.6 Å². The third-order valence-corrected chi connectivity index (χ3v) is 5.64. The Balaban J connectivity index is 1.92. The first-order valence-electron chi connectivity index (χ1n) is 7.46. The molecule has 2 N–H and O–H groups in total. The van der Waals surface area contributed by atoms with E-state index >= 15 is 0 Å². The van der Waals surface area contributed by atoms with Gasteiger partial charge in [0.1, 0.15) is 4.90 Å². The van der Waals surface area contributed by atoms with E-state index in [-0.39, 0.29) is 6.04 Å². The number of piperidine rings is 1. The number of aliphatic hydroxyl groups is 1. The number of sulfonamides is 1. The van der Waals surface area contributed by atoms with E-state index in [0.29, 0.717) is 17.1 Å². The lowest BCUT2D eigenvalue weighted by Crippen LogP contribution is -2.46. The van der Waals surface area contributed by atoms with E-state index in [0.717, 1.165) is 32.2 Å². The summed E-state index contributed by atoms with van der Waals surface area (Å²) in [5.41, 5.74) is -0.0791. The monoisotopic (exact) mass is 310 g/mol. The lowest BCUT2D eigenvalue weighted by molar-refractivity contribution is 0.0448. The Hall–Kier alpha value is -1.11. The van der Waals surface area contributed by atoms with Crippen molar-refractivity contribution in [3.63, 3.8) is 0 Å². The maximum Gasteiger partial charge on any atom is 0.242 e. The molecule has 116 valence electrons. The maximum atomic E-state index is 12.5. The zero-order chi connectivity index (χ0) is 15.1. The van der Waals surface area contributed by atoms with Crippen LogP contribution in [-0.4, -0.2) is 38.3 Å². The van der Waals surface area contributed by atoms with Crippen molar-refractivity contribution in [2.75, 3.05) is 18.0 Å². The highest BCUT2D eigenvalue weighted by atomic mass is 32.2. The van der Waals surface area contributed by atoms with Crippen LogP contribution in [0.1, 0.15) is 32.6 Å². The molecule has 1 aliphatic heterocycles. The molecule has 5 nitrogen and oxygen atoms in total. The van der Waals surface area contributed by atoms with Crippen LogP contribution < -0.4 is 9.62 Å². The van der Waals surface area contributed by atoms with Crippen molar-refractivity contribution in [1.29, 1.82) is 0 Å². The topological polar surface area (TPSA) is 69.6 Å². The Bertz CT molecular complexity index is 624. The number of nitrogens with one attached hydrogen (secondary N) is 1. The Morgan fingerprint density at radius 1 is 1.33 bits per heavy atom. The Labute approximate surface area is 126 Å². The predicted octanol–water partition coefficient (Wildman–Crippen LogP) is 1.48. The minimum absolute atomic E-state index is 0.0903. The van der Waals surface area contributed by atoms with Crippen molar-refractivity contribution < 1.29 is 13.5 Å². The van der Waals surface area contributed by atoms with Crippen LogP contribution in [0.4, 0.5) is 5.69 Å². The van der Waals surface area contributed by atoms with E-state index in [2.05, 4.69) is 4.72 Å². The third-order valence-electron chi connectivity index (χ3n) is 4.07. The average Bonchev–Trinajstić information content (AvgIpc) is 3.21. The van der Waals surface area contributed by atoms with Crippen LogP contribution in [0.15, 0.2) is 29.2 Å². The van der Waals surface area contributed by atoms with Gasteiger partial charge in [-0.25, -0.2) is 13.1 Å². The van der Waals surface area contributed by atoms with Gasteiger partial charge in [0.2, 0.25) is 10.0 Å². The normalized spacial score (nSPS) is 26.9. The highest BCUT2D eigenvalue weighted by Gasteiger charge is 2.33. The van der Waals surface area contributed by atoms with Gasteiger partial charge in [-0.05, 0) is 44.7 Å². The smallest absolute Gasteiger partial charge is 0.242 e. The SMILES string of the molecule is CC1(O)CCCN(c2ccccc2S(=O)(=O)NC2CC2)C1. The molecule has 3 rings (SSSR count). The number of hydrogen-bond donors (Lipinski definition) is 2. The molecule has 1 saturated carbocycles. The molecule has 0 bridgehead atoms. The van der Waals surface area contributed by atoms with Crippen molar-refractivity contribution in [3.8, 4) is 0 Å². The van der Waals surface area contributed by atoms with Crippen LogP contribution in [0.25, 0.3) is 0 Å². The second-order valence-electron chi connectivity index (χ2n) is 6.39. The van der Waals surface area contributed by atoms with Gasteiger partial charge in [-0.1, -0.05) is 12.1 Å². The maximum absolute atomic E-state index is 12.5. The highest BCUT2D eigenvalue weighted by Crippen LogP contribution is 2.31. The Morgan fingerprint density at radius 3 is 2.71 bits per heavy atom. The molecule has 1 aromatic carbocycles. The number of hydrogen-bond acceptors (Lipinski definition) is 4. The largest absolute Gasteiger partial charge is 0.388 e. The fourth-order valence-electron chi connectivity index (χ4n) is 2.86. The third kappa shape index (κ3) is 3.39. The quantitative estimate of drug-likeness (QED) is 0.884. The van der Waals surface area contributed by atoms with Gasteiger partial charge in [-0.15, -0.1) is 0 Å². The minimum atomic E-state index is -3.49. The van der Waals surface area contributed by atoms with Gasteiger partial charge in [-0.2, -0.15) is 0 Å². The minimum Gasteiger partial charge on any atom is -0.388 e. The standard InChI is InChI=1S/C15H22N2O3S/c1-15(18)9-4-10-17(11-15)13-5-2-3-6-14(13)21(19,20)16-12-7-8-12/h2-3,5-6,12,16,18H,4,7-11H2,1H3. The molecule has 1 aliphatic carbocycles. The van der Waals surface area contributed by atoms with Gasteiger partial charge in [0.25, 0.3) is 0 Å². The first kappa shape index (κ1) is 14.8. The zero-order valence-electron chi connectivity index (χ0n) is 12.2. The van der Waals surface area contributed by atoms with Crippen LogP contribution in [-0.2, 0) is 10.0 Å². The molecule has 1 atom stereocenters. The molecule has 1 unspecified atom stereocenters. The molecule has 21 heavy (non-hydrogen) atoms. The molecule has 2 aliphatic rings. The lowest BCUT2D eigenvalue weighted by Gasteiger charge is -2.38. The van der Waals surface area contributed by atoms with Crippen LogP contribution in [0.3, 0.4) is 0 Å². The molecule has 6 heteroatoms. The number of anilines is 1. The number of nitrogens with zero attached hydrogens (tertiary/aromatic N) is 1. The van der Waals surface area contributed by atoms with Crippen molar-refractivity contribution in [2.24, 2.45) is 0 Å². The molecule has 0 amide bonds. The summed E-state index contributed by atoms with van der Waals surface area (Å²) in [7, 11) is -3.49. The van der Waals surface area contributed by atoms with Crippen molar-refractivity contribution >= 4 is 15.7 Å². The van der Waals surface area contributed by atoms with E-state index in [9.17, 15) is 13.5 Å². The summed E-state index contributed by atoms with van der Waals surface area (Å²) >= 11 is 0.